The van der Waals surface area contributed by atoms with E-state index in [1.165, 1.54) is 0 Å². The Morgan fingerprint density at radius 2 is 1.71 bits per heavy atom. The molecule has 0 spiro atoms. The van der Waals surface area contributed by atoms with E-state index in [-0.39, 0.29) is 10.9 Å². The van der Waals surface area contributed by atoms with Crippen molar-refractivity contribution in [3.05, 3.63) is 66.0 Å². The second kappa shape index (κ2) is 8.52. The third-order valence-electron chi connectivity index (χ3n) is 4.26. The Labute approximate surface area is 162 Å². The van der Waals surface area contributed by atoms with E-state index in [0.717, 1.165) is 37.1 Å². The first-order valence-corrected chi connectivity index (χ1v) is 10.5. The smallest absolute Gasteiger partial charge is 0.307 e. The molecule has 2 aromatic carbocycles. The zero-order valence-electron chi connectivity index (χ0n) is 15.0. The van der Waals surface area contributed by atoms with Crippen LogP contribution >= 0.6 is 0 Å². The standard InChI is InChI=1S/C20H20FNO5S/c21-15-6-10-17(11-7-15)28(25,26)13-12-18(23)27-19(14-4-2-1-3-5-14)20(24)22-16-8-9-16/h1-7,10-11,16,19H,8-9,12-13H2,(H,22,24)/t19-/m1/s1. The quantitative estimate of drug-likeness (QED) is 0.539. The molecular weight excluding hydrogens is 385 g/mol. The number of ether oxygens (including phenoxy) is 1. The van der Waals surface area contributed by atoms with Gasteiger partial charge in [-0.1, -0.05) is 30.3 Å². The molecule has 1 fully saturated rings. The van der Waals surface area contributed by atoms with Gasteiger partial charge in [0.05, 0.1) is 17.1 Å². The van der Waals surface area contributed by atoms with E-state index < -0.39 is 45.8 Å². The lowest BCUT2D eigenvalue weighted by molar-refractivity contribution is -0.156. The van der Waals surface area contributed by atoms with Crippen LogP contribution in [0.25, 0.3) is 0 Å². The van der Waals surface area contributed by atoms with Crippen LogP contribution in [0, 0.1) is 5.82 Å². The topological polar surface area (TPSA) is 89.5 Å². The molecule has 0 aromatic heterocycles. The first kappa shape index (κ1) is 20.0. The van der Waals surface area contributed by atoms with E-state index in [2.05, 4.69) is 5.32 Å². The molecule has 0 bridgehead atoms. The number of nitrogens with one attached hydrogen (secondary N) is 1. The van der Waals surface area contributed by atoms with Crippen LogP contribution in [0.3, 0.4) is 0 Å². The summed E-state index contributed by atoms with van der Waals surface area (Å²) < 4.78 is 42.8. The molecule has 0 radical (unpaired) electrons. The summed E-state index contributed by atoms with van der Waals surface area (Å²) in [5.74, 6) is -2.27. The summed E-state index contributed by atoms with van der Waals surface area (Å²) in [6.45, 7) is 0. The third kappa shape index (κ3) is 5.39. The molecule has 0 heterocycles. The van der Waals surface area contributed by atoms with Crippen molar-refractivity contribution in [2.75, 3.05) is 5.75 Å². The van der Waals surface area contributed by atoms with Crippen LogP contribution in [-0.4, -0.2) is 32.1 Å². The number of carbonyl (C=O) groups excluding carboxylic acids is 2. The minimum absolute atomic E-state index is 0.0761. The molecule has 8 heteroatoms. The molecule has 1 amide bonds. The Balaban J connectivity index is 1.64. The van der Waals surface area contributed by atoms with Gasteiger partial charge in [0.15, 0.2) is 9.84 Å². The predicted molar refractivity (Wildman–Crippen MR) is 99.5 cm³/mol. The van der Waals surface area contributed by atoms with E-state index in [0.29, 0.717) is 5.56 Å². The van der Waals surface area contributed by atoms with Gasteiger partial charge in [-0.3, -0.25) is 9.59 Å². The zero-order valence-corrected chi connectivity index (χ0v) is 15.8. The molecule has 148 valence electrons. The number of rotatable bonds is 8. The van der Waals surface area contributed by atoms with Crippen LogP contribution in [-0.2, 0) is 24.2 Å². The lowest BCUT2D eigenvalue weighted by atomic mass is 10.1. The average Bonchev–Trinajstić information content (AvgIpc) is 3.49. The van der Waals surface area contributed by atoms with Crippen molar-refractivity contribution in [1.29, 1.82) is 0 Å². The summed E-state index contributed by atoms with van der Waals surface area (Å²) in [6, 6.07) is 13.0. The van der Waals surface area contributed by atoms with Crippen LogP contribution in [0.1, 0.15) is 30.9 Å². The Kier molecular flexibility index (Phi) is 6.08. The summed E-state index contributed by atoms with van der Waals surface area (Å²) in [6.07, 6.45) is 0.219. The normalized spacial score (nSPS) is 14.9. The van der Waals surface area contributed by atoms with Crippen molar-refractivity contribution in [2.45, 2.75) is 36.3 Å². The summed E-state index contributed by atoms with van der Waals surface area (Å²) in [5.41, 5.74) is 0.510. The van der Waals surface area contributed by atoms with Gasteiger partial charge in [0.2, 0.25) is 6.10 Å². The van der Waals surface area contributed by atoms with Gasteiger partial charge in [-0.15, -0.1) is 0 Å². The molecule has 6 nitrogen and oxygen atoms in total. The first-order chi connectivity index (χ1) is 13.3. The monoisotopic (exact) mass is 405 g/mol. The van der Waals surface area contributed by atoms with E-state index >= 15 is 0 Å². The van der Waals surface area contributed by atoms with Crippen LogP contribution in [0.5, 0.6) is 0 Å². The maximum absolute atomic E-state index is 13.0. The maximum Gasteiger partial charge on any atom is 0.307 e. The number of esters is 1. The number of amides is 1. The van der Waals surface area contributed by atoms with Crippen molar-refractivity contribution in [3.63, 3.8) is 0 Å². The third-order valence-corrected chi connectivity index (χ3v) is 5.99. The predicted octanol–water partition coefficient (Wildman–Crippen LogP) is 2.55. The van der Waals surface area contributed by atoms with Gasteiger partial charge >= 0.3 is 5.97 Å². The summed E-state index contributed by atoms with van der Waals surface area (Å²) in [4.78, 5) is 24.6. The Morgan fingerprint density at radius 3 is 2.32 bits per heavy atom. The summed E-state index contributed by atoms with van der Waals surface area (Å²) in [5, 5.41) is 2.79. The molecule has 0 saturated heterocycles. The molecule has 2 aromatic rings. The highest BCUT2D eigenvalue weighted by molar-refractivity contribution is 7.91. The summed E-state index contributed by atoms with van der Waals surface area (Å²) in [7, 11) is -3.77. The van der Waals surface area contributed by atoms with Crippen LogP contribution in [0.15, 0.2) is 59.5 Å². The average molecular weight is 405 g/mol. The minimum Gasteiger partial charge on any atom is -0.447 e. The molecule has 3 rings (SSSR count). The molecular formula is C20H20FNO5S. The van der Waals surface area contributed by atoms with E-state index in [1.807, 2.05) is 0 Å². The Morgan fingerprint density at radius 1 is 1.07 bits per heavy atom. The van der Waals surface area contributed by atoms with Gasteiger partial charge < -0.3 is 10.1 Å². The van der Waals surface area contributed by atoms with Crippen molar-refractivity contribution in [3.8, 4) is 0 Å². The largest absolute Gasteiger partial charge is 0.447 e. The number of benzene rings is 2. The van der Waals surface area contributed by atoms with Crippen molar-refractivity contribution >= 4 is 21.7 Å². The molecule has 1 aliphatic rings. The van der Waals surface area contributed by atoms with Gasteiger partial charge in [0, 0.05) is 11.6 Å². The lowest BCUT2D eigenvalue weighted by Crippen LogP contribution is -2.33. The molecule has 0 aliphatic heterocycles. The lowest BCUT2D eigenvalue weighted by Gasteiger charge is -2.18. The second-order valence-corrected chi connectivity index (χ2v) is 8.70. The fraction of sp³-hybridized carbons (Fsp3) is 0.300. The number of sulfone groups is 1. The van der Waals surface area contributed by atoms with Crippen LogP contribution in [0.2, 0.25) is 0 Å². The zero-order chi connectivity index (χ0) is 20.1. The van der Waals surface area contributed by atoms with Gasteiger partial charge in [-0.2, -0.15) is 0 Å². The highest BCUT2D eigenvalue weighted by Gasteiger charge is 2.31. The minimum atomic E-state index is -3.77. The summed E-state index contributed by atoms with van der Waals surface area (Å²) >= 11 is 0. The fourth-order valence-corrected chi connectivity index (χ4v) is 3.80. The first-order valence-electron chi connectivity index (χ1n) is 8.88. The van der Waals surface area contributed by atoms with Gasteiger partial charge in [-0.25, -0.2) is 12.8 Å². The van der Waals surface area contributed by atoms with Crippen LogP contribution < -0.4 is 5.32 Å². The second-order valence-electron chi connectivity index (χ2n) is 6.59. The highest BCUT2D eigenvalue weighted by Crippen LogP contribution is 2.24. The molecule has 1 saturated carbocycles. The van der Waals surface area contributed by atoms with E-state index in [1.54, 1.807) is 30.3 Å². The number of hydrogen-bond donors (Lipinski definition) is 1. The molecule has 28 heavy (non-hydrogen) atoms. The maximum atomic E-state index is 13.0. The molecule has 1 atom stereocenters. The molecule has 1 aliphatic carbocycles. The molecule has 0 unspecified atom stereocenters. The number of carbonyl (C=O) groups is 2. The highest BCUT2D eigenvalue weighted by atomic mass is 32.2. The Bertz CT molecular complexity index is 940. The number of hydrogen-bond acceptors (Lipinski definition) is 5. The van der Waals surface area contributed by atoms with Crippen molar-refractivity contribution in [1.82, 2.24) is 5.32 Å². The Hall–Kier alpha value is -2.74. The van der Waals surface area contributed by atoms with Crippen molar-refractivity contribution in [2.24, 2.45) is 0 Å². The van der Waals surface area contributed by atoms with Crippen molar-refractivity contribution < 1.29 is 27.1 Å². The van der Waals surface area contributed by atoms with E-state index in [9.17, 15) is 22.4 Å². The van der Waals surface area contributed by atoms with Gasteiger partial charge in [-0.05, 0) is 37.1 Å². The SMILES string of the molecule is O=C(CCS(=O)(=O)c1ccc(F)cc1)O[C@@H](C(=O)NC1CC1)c1ccccc1. The van der Waals surface area contributed by atoms with Gasteiger partial charge in [0.1, 0.15) is 5.82 Å². The number of halogens is 1. The van der Waals surface area contributed by atoms with Crippen LogP contribution in [0.4, 0.5) is 4.39 Å². The van der Waals surface area contributed by atoms with E-state index in [4.69, 9.17) is 4.74 Å². The molecule has 1 N–H and O–H groups in total. The fourth-order valence-electron chi connectivity index (χ4n) is 2.57. The van der Waals surface area contributed by atoms with Gasteiger partial charge in [0.25, 0.3) is 5.91 Å².